The predicted molar refractivity (Wildman–Crippen MR) is 166 cm³/mol. The van der Waals surface area contributed by atoms with Gasteiger partial charge in [0.25, 0.3) is 0 Å². The summed E-state index contributed by atoms with van der Waals surface area (Å²) < 4.78 is 7.72. The fraction of sp³-hybridized carbons (Fsp3) is 0.0286. The molecule has 0 bridgehead atoms. The highest BCUT2D eigenvalue weighted by Gasteiger charge is 2.37. The van der Waals surface area contributed by atoms with Crippen molar-refractivity contribution in [2.75, 3.05) is 0 Å². The van der Waals surface area contributed by atoms with E-state index in [9.17, 15) is 0 Å². The predicted octanol–water partition coefficient (Wildman–Crippen LogP) is 9.18. The van der Waals surface area contributed by atoms with Crippen molar-refractivity contribution in [3.63, 3.8) is 0 Å². The molecule has 1 aliphatic heterocycles. The van der Waals surface area contributed by atoms with Crippen molar-refractivity contribution in [1.82, 2.24) is 14.1 Å². The van der Waals surface area contributed by atoms with Crippen molar-refractivity contribution in [2.24, 2.45) is 0 Å². The Morgan fingerprint density at radius 1 is 0.692 bits per heavy atom. The first-order chi connectivity index (χ1) is 19.4. The van der Waals surface area contributed by atoms with Crippen LogP contribution in [-0.2, 0) is 0 Å². The Bertz CT molecular complexity index is 2210. The van der Waals surface area contributed by atoms with Gasteiger partial charge in [0.15, 0.2) is 0 Å². The zero-order chi connectivity index (χ0) is 25.5. The van der Waals surface area contributed by atoms with Gasteiger partial charge < -0.3 is 4.57 Å². The molecule has 182 valence electrons. The van der Waals surface area contributed by atoms with Gasteiger partial charge in [0, 0.05) is 67.6 Å². The van der Waals surface area contributed by atoms with E-state index in [-0.39, 0.29) is 6.04 Å². The summed E-state index contributed by atoms with van der Waals surface area (Å²) in [4.78, 5) is 4.30. The maximum absolute atomic E-state index is 4.30. The van der Waals surface area contributed by atoms with Crippen LogP contribution in [0, 0.1) is 0 Å². The molecule has 1 aliphatic carbocycles. The van der Waals surface area contributed by atoms with Crippen LogP contribution in [0.5, 0.6) is 0 Å². The Morgan fingerprint density at radius 3 is 2.46 bits per heavy atom. The average molecular weight is 517 g/mol. The lowest BCUT2D eigenvalue weighted by Gasteiger charge is -2.24. The van der Waals surface area contributed by atoms with Gasteiger partial charge in [0.2, 0.25) is 17.1 Å². The number of para-hydroxylation sites is 1. The Labute approximate surface area is 228 Å². The highest BCUT2D eigenvalue weighted by Crippen LogP contribution is 2.47. The van der Waals surface area contributed by atoms with Gasteiger partial charge in [0.05, 0.1) is 5.52 Å². The highest BCUT2D eigenvalue weighted by molar-refractivity contribution is 7.26. The molecule has 2 aliphatic rings. The molecule has 0 saturated carbocycles. The molecule has 4 heteroatoms. The van der Waals surface area contributed by atoms with E-state index in [1.807, 2.05) is 29.8 Å². The molecular weight excluding hydrogens is 494 g/mol. The van der Waals surface area contributed by atoms with Crippen molar-refractivity contribution in [3.8, 4) is 11.1 Å². The van der Waals surface area contributed by atoms with Crippen LogP contribution in [0.2, 0.25) is 0 Å². The number of benzene rings is 4. The van der Waals surface area contributed by atoms with Gasteiger partial charge >= 0.3 is 0 Å². The molecule has 1 atom stereocenters. The van der Waals surface area contributed by atoms with Gasteiger partial charge in [0.1, 0.15) is 11.6 Å². The van der Waals surface area contributed by atoms with Crippen molar-refractivity contribution in [1.29, 1.82) is 0 Å². The number of aromatic nitrogens is 2. The molecule has 9 rings (SSSR count). The fourth-order valence-corrected chi connectivity index (χ4v) is 7.66. The van der Waals surface area contributed by atoms with Crippen molar-refractivity contribution in [3.05, 3.63) is 128 Å². The number of fused-ring (bicyclic) bond motifs is 9. The van der Waals surface area contributed by atoms with E-state index in [0.717, 1.165) is 11.3 Å². The van der Waals surface area contributed by atoms with Gasteiger partial charge in [-0.3, -0.25) is 4.98 Å². The van der Waals surface area contributed by atoms with Gasteiger partial charge in [-0.05, 0) is 41.5 Å². The highest BCUT2D eigenvalue weighted by atomic mass is 32.1. The maximum Gasteiger partial charge on any atom is 0.235 e. The minimum absolute atomic E-state index is 0.104. The zero-order valence-corrected chi connectivity index (χ0v) is 21.8. The molecular formula is C35H22N3S+. The molecule has 0 N–H and O–H groups in total. The largest absolute Gasteiger partial charge is 0.317 e. The van der Waals surface area contributed by atoms with E-state index in [2.05, 4.69) is 123 Å². The van der Waals surface area contributed by atoms with E-state index in [4.69, 9.17) is 0 Å². The monoisotopic (exact) mass is 516 g/mol. The molecule has 7 aromatic rings. The molecule has 39 heavy (non-hydrogen) atoms. The quantitative estimate of drug-likeness (QED) is 0.210. The van der Waals surface area contributed by atoms with Crippen LogP contribution in [0.4, 0.5) is 11.4 Å². The first kappa shape index (κ1) is 21.2. The summed E-state index contributed by atoms with van der Waals surface area (Å²) in [7, 11) is 0. The topological polar surface area (TPSA) is 20.8 Å². The van der Waals surface area contributed by atoms with E-state index in [1.165, 1.54) is 58.9 Å². The molecule has 0 radical (unpaired) electrons. The third-order valence-electron chi connectivity index (χ3n) is 8.17. The van der Waals surface area contributed by atoms with Gasteiger partial charge in [-0.25, -0.2) is 0 Å². The van der Waals surface area contributed by atoms with Crippen molar-refractivity contribution in [2.45, 2.75) is 6.04 Å². The average Bonchev–Trinajstić information content (AvgIpc) is 3.55. The summed E-state index contributed by atoms with van der Waals surface area (Å²) in [5.74, 6) is 0. The fourth-order valence-electron chi connectivity index (χ4n) is 6.55. The summed E-state index contributed by atoms with van der Waals surface area (Å²) in [5.41, 5.74) is 8.57. The summed E-state index contributed by atoms with van der Waals surface area (Å²) in [5, 5.41) is 5.33. The molecule has 3 nitrogen and oxygen atoms in total. The van der Waals surface area contributed by atoms with Crippen LogP contribution in [-0.4, -0.2) is 15.3 Å². The number of allylic oxidation sites excluding steroid dienone is 4. The van der Waals surface area contributed by atoms with Crippen LogP contribution < -0.4 is 4.58 Å². The molecule has 4 heterocycles. The number of pyridine rings is 1. The maximum atomic E-state index is 4.30. The second kappa shape index (κ2) is 7.85. The summed E-state index contributed by atoms with van der Waals surface area (Å²) in [6.07, 6.45) is 12.7. The molecule has 0 fully saturated rings. The normalized spacial score (nSPS) is 16.2. The number of hydrogen-bond acceptors (Lipinski definition) is 2. The minimum atomic E-state index is 0.104. The van der Waals surface area contributed by atoms with E-state index in [1.54, 1.807) is 0 Å². The molecule has 1 unspecified atom stereocenters. The lowest BCUT2D eigenvalue weighted by molar-refractivity contribution is 0.783. The van der Waals surface area contributed by atoms with Gasteiger partial charge in [-0.2, -0.15) is 4.58 Å². The van der Waals surface area contributed by atoms with E-state index < -0.39 is 0 Å². The van der Waals surface area contributed by atoms with Crippen LogP contribution in [0.15, 0.2) is 128 Å². The number of hydrogen-bond donors (Lipinski definition) is 0. The van der Waals surface area contributed by atoms with E-state index in [0.29, 0.717) is 0 Å². The van der Waals surface area contributed by atoms with Gasteiger partial charge in [-0.1, -0.05) is 60.7 Å². The SMILES string of the molecule is C1=CC2=[N+](c3ccc(-c4cccnc4)cc3)c3cccc4c5ccc6sc7ccccc7c6c5n(c34)C2C=C1. The third kappa shape index (κ3) is 2.87. The lowest BCUT2D eigenvalue weighted by Crippen LogP contribution is -2.30. The van der Waals surface area contributed by atoms with Crippen molar-refractivity contribution >= 4 is 70.4 Å². The molecule has 4 aromatic carbocycles. The Balaban J connectivity index is 1.37. The minimum Gasteiger partial charge on any atom is -0.317 e. The summed E-state index contributed by atoms with van der Waals surface area (Å²) in [6, 6.07) is 33.3. The van der Waals surface area contributed by atoms with Crippen molar-refractivity contribution < 1.29 is 0 Å². The smallest absolute Gasteiger partial charge is 0.235 e. The molecule has 0 spiro atoms. The second-order valence-corrected chi connectivity index (χ2v) is 11.3. The molecule has 3 aromatic heterocycles. The van der Waals surface area contributed by atoms with Crippen LogP contribution in [0.1, 0.15) is 6.04 Å². The Morgan fingerprint density at radius 2 is 1.56 bits per heavy atom. The Hall–Kier alpha value is -4.80. The first-order valence-corrected chi connectivity index (χ1v) is 14.1. The van der Waals surface area contributed by atoms with E-state index >= 15 is 0 Å². The number of thiophene rings is 1. The Kier molecular flexibility index (Phi) is 4.26. The second-order valence-electron chi connectivity index (χ2n) is 10.2. The van der Waals surface area contributed by atoms with Crippen LogP contribution >= 0.6 is 11.3 Å². The lowest BCUT2D eigenvalue weighted by atomic mass is 10.0. The van der Waals surface area contributed by atoms with Crippen LogP contribution in [0.25, 0.3) is 53.1 Å². The number of rotatable bonds is 2. The zero-order valence-electron chi connectivity index (χ0n) is 21.0. The number of nitrogens with zero attached hydrogens (tertiary/aromatic N) is 3. The molecule has 0 saturated heterocycles. The third-order valence-corrected chi connectivity index (χ3v) is 9.31. The first-order valence-electron chi connectivity index (χ1n) is 13.3. The summed E-state index contributed by atoms with van der Waals surface area (Å²) in [6.45, 7) is 0. The molecule has 0 amide bonds. The van der Waals surface area contributed by atoms with Gasteiger partial charge in [-0.15, -0.1) is 11.3 Å². The van der Waals surface area contributed by atoms with Crippen LogP contribution in [0.3, 0.4) is 0 Å². The standard InChI is InChI=1S/C35H22N3S/c1-4-13-31-27(8-1)33-32(39-31)19-18-26-25-9-5-12-30-34(25)38(35(26)33)29-11-3-2-10-28(29)37(30)24-16-14-22(15-17-24)23-7-6-20-36-21-23/h1-21,29H/q+1. The summed E-state index contributed by atoms with van der Waals surface area (Å²) >= 11 is 1.89.